The van der Waals surface area contributed by atoms with Gasteiger partial charge in [0.2, 0.25) is 0 Å². The minimum Gasteiger partial charge on any atom is -0.235 e. The highest BCUT2D eigenvalue weighted by Gasteiger charge is 2.31. The van der Waals surface area contributed by atoms with Crippen molar-refractivity contribution in [3.63, 3.8) is 0 Å². The highest BCUT2D eigenvalue weighted by atomic mass is 32.1. The summed E-state index contributed by atoms with van der Waals surface area (Å²) in [4.78, 5) is 8.09. The van der Waals surface area contributed by atoms with Crippen LogP contribution >= 0.6 is 11.3 Å². The van der Waals surface area contributed by atoms with Gasteiger partial charge in [-0.05, 0) is 11.4 Å². The van der Waals surface area contributed by atoms with E-state index in [4.69, 9.17) is 0 Å². The van der Waals surface area contributed by atoms with E-state index in [0.717, 1.165) is 17.3 Å². The smallest absolute Gasteiger partial charge is 0.235 e. The predicted molar refractivity (Wildman–Crippen MR) is 50.3 cm³/mol. The first kappa shape index (κ1) is 10.1. The van der Waals surface area contributed by atoms with Gasteiger partial charge in [0.15, 0.2) is 5.82 Å². The number of hydrogen-bond acceptors (Lipinski definition) is 3. The molecule has 0 N–H and O–H groups in total. The summed E-state index contributed by atoms with van der Waals surface area (Å²) in [6.45, 7) is 0. The van der Waals surface area contributed by atoms with E-state index in [2.05, 4.69) is 9.97 Å². The van der Waals surface area contributed by atoms with Crippen LogP contribution in [0.15, 0.2) is 29.9 Å². The van der Waals surface area contributed by atoms with Crippen LogP contribution in [0.1, 0.15) is 5.56 Å². The zero-order chi connectivity index (χ0) is 10.9. The van der Waals surface area contributed by atoms with Gasteiger partial charge in [0.1, 0.15) is 0 Å². The lowest BCUT2D eigenvalue weighted by Gasteiger charge is -2.04. The zero-order valence-electron chi connectivity index (χ0n) is 7.32. The summed E-state index contributed by atoms with van der Waals surface area (Å²) in [5.41, 5.74) is -0.831. The number of nitrogens with zero attached hydrogens (tertiary/aromatic N) is 2. The van der Waals surface area contributed by atoms with Crippen LogP contribution in [0.4, 0.5) is 13.2 Å². The third kappa shape index (κ3) is 2.15. The van der Waals surface area contributed by atoms with Crippen molar-refractivity contribution in [2.24, 2.45) is 0 Å². The Morgan fingerprint density at radius 3 is 2.27 bits per heavy atom. The van der Waals surface area contributed by atoms with E-state index in [1.165, 1.54) is 11.3 Å². The van der Waals surface area contributed by atoms with Gasteiger partial charge in [-0.3, -0.25) is 0 Å². The summed E-state index contributed by atoms with van der Waals surface area (Å²) in [5, 5.41) is 1.82. The quantitative estimate of drug-likeness (QED) is 0.751. The molecule has 0 aliphatic heterocycles. The van der Waals surface area contributed by atoms with Crippen molar-refractivity contribution in [2.75, 3.05) is 0 Å². The standard InChI is InChI=1S/C9H5F3N2S/c10-9(11,12)6-4-13-8(14-5-6)7-2-1-3-15-7/h1-5H. The molecule has 2 heterocycles. The van der Waals surface area contributed by atoms with E-state index >= 15 is 0 Å². The highest BCUT2D eigenvalue weighted by molar-refractivity contribution is 7.13. The van der Waals surface area contributed by atoms with Gasteiger partial charge in [-0.2, -0.15) is 13.2 Å². The Morgan fingerprint density at radius 2 is 1.80 bits per heavy atom. The largest absolute Gasteiger partial charge is 0.419 e. The fraction of sp³-hybridized carbons (Fsp3) is 0.111. The number of halogens is 3. The fourth-order valence-corrected chi connectivity index (χ4v) is 1.68. The van der Waals surface area contributed by atoms with Gasteiger partial charge in [-0.1, -0.05) is 6.07 Å². The lowest BCUT2D eigenvalue weighted by atomic mass is 10.3. The molecular formula is C9H5F3N2S. The van der Waals surface area contributed by atoms with Gasteiger partial charge in [0.05, 0.1) is 10.4 Å². The third-order valence-electron chi connectivity index (χ3n) is 1.72. The van der Waals surface area contributed by atoms with E-state index in [-0.39, 0.29) is 0 Å². The van der Waals surface area contributed by atoms with Crippen LogP contribution in [-0.2, 0) is 6.18 Å². The SMILES string of the molecule is FC(F)(F)c1cnc(-c2cccs2)nc1. The molecule has 0 fully saturated rings. The van der Waals surface area contributed by atoms with Gasteiger partial charge in [-0.15, -0.1) is 11.3 Å². The lowest BCUT2D eigenvalue weighted by molar-refractivity contribution is -0.138. The maximum atomic E-state index is 12.2. The van der Waals surface area contributed by atoms with Crippen LogP contribution in [0, 0.1) is 0 Å². The van der Waals surface area contributed by atoms with E-state index in [0.29, 0.717) is 5.82 Å². The maximum absolute atomic E-state index is 12.2. The monoisotopic (exact) mass is 230 g/mol. The zero-order valence-corrected chi connectivity index (χ0v) is 8.14. The second kappa shape index (κ2) is 3.62. The highest BCUT2D eigenvalue weighted by Crippen LogP contribution is 2.29. The Hall–Kier alpha value is -1.43. The molecule has 0 unspecified atom stereocenters. The van der Waals surface area contributed by atoms with Crippen molar-refractivity contribution in [1.82, 2.24) is 9.97 Å². The molecule has 0 atom stereocenters. The molecule has 0 saturated heterocycles. The van der Waals surface area contributed by atoms with Crippen molar-refractivity contribution >= 4 is 11.3 Å². The van der Waals surface area contributed by atoms with E-state index in [1.54, 1.807) is 12.1 Å². The van der Waals surface area contributed by atoms with Crippen molar-refractivity contribution in [3.8, 4) is 10.7 Å². The van der Waals surface area contributed by atoms with Gasteiger partial charge in [0.25, 0.3) is 0 Å². The normalized spacial score (nSPS) is 11.7. The Morgan fingerprint density at radius 1 is 1.13 bits per heavy atom. The molecule has 2 nitrogen and oxygen atoms in total. The van der Waals surface area contributed by atoms with Crippen molar-refractivity contribution in [2.45, 2.75) is 6.18 Å². The van der Waals surface area contributed by atoms with Crippen molar-refractivity contribution in [1.29, 1.82) is 0 Å². The molecule has 0 amide bonds. The van der Waals surface area contributed by atoms with Gasteiger partial charge >= 0.3 is 6.18 Å². The van der Waals surface area contributed by atoms with E-state index in [1.807, 2.05) is 5.38 Å². The molecule has 0 bridgehead atoms. The number of alkyl halides is 3. The Kier molecular flexibility index (Phi) is 2.44. The summed E-state index contributed by atoms with van der Waals surface area (Å²) < 4.78 is 36.6. The number of thiophene rings is 1. The van der Waals surface area contributed by atoms with Crippen LogP contribution < -0.4 is 0 Å². The Balaban J connectivity index is 2.33. The minimum absolute atomic E-state index is 0.318. The van der Waals surface area contributed by atoms with Crippen molar-refractivity contribution in [3.05, 3.63) is 35.5 Å². The van der Waals surface area contributed by atoms with Crippen molar-refractivity contribution < 1.29 is 13.2 Å². The molecule has 0 aliphatic carbocycles. The number of rotatable bonds is 1. The molecule has 0 saturated carbocycles. The molecule has 15 heavy (non-hydrogen) atoms. The first-order valence-electron chi connectivity index (χ1n) is 4.00. The summed E-state index contributed by atoms with van der Waals surface area (Å²) in [6.07, 6.45) is -2.79. The van der Waals surface area contributed by atoms with E-state index < -0.39 is 11.7 Å². The summed E-state index contributed by atoms with van der Waals surface area (Å²) >= 11 is 1.38. The summed E-state index contributed by atoms with van der Waals surface area (Å²) in [7, 11) is 0. The van der Waals surface area contributed by atoms with E-state index in [9.17, 15) is 13.2 Å². The Bertz CT molecular complexity index is 433. The number of hydrogen-bond donors (Lipinski definition) is 0. The average Bonchev–Trinajstić information content (AvgIpc) is 2.69. The van der Waals surface area contributed by atoms with Crippen LogP contribution in [0.3, 0.4) is 0 Å². The Labute approximate surface area is 87.4 Å². The lowest BCUT2D eigenvalue weighted by Crippen LogP contribution is -2.06. The van der Waals surface area contributed by atoms with Gasteiger partial charge in [0, 0.05) is 12.4 Å². The van der Waals surface area contributed by atoms with Gasteiger partial charge in [-0.25, -0.2) is 9.97 Å². The molecule has 0 radical (unpaired) electrons. The fourth-order valence-electron chi connectivity index (χ4n) is 1.01. The van der Waals surface area contributed by atoms with Crippen LogP contribution in [-0.4, -0.2) is 9.97 Å². The van der Waals surface area contributed by atoms with Crippen LogP contribution in [0.5, 0.6) is 0 Å². The molecule has 2 aromatic heterocycles. The number of aromatic nitrogens is 2. The van der Waals surface area contributed by atoms with Crippen LogP contribution in [0.25, 0.3) is 10.7 Å². The predicted octanol–water partition coefficient (Wildman–Crippen LogP) is 3.22. The summed E-state index contributed by atoms with van der Waals surface area (Å²) in [6, 6.07) is 3.55. The topological polar surface area (TPSA) is 25.8 Å². The molecule has 2 aromatic rings. The average molecular weight is 230 g/mol. The second-order valence-electron chi connectivity index (χ2n) is 2.77. The molecule has 0 aliphatic rings. The van der Waals surface area contributed by atoms with Gasteiger partial charge < -0.3 is 0 Å². The molecule has 2 rings (SSSR count). The maximum Gasteiger partial charge on any atom is 0.419 e. The third-order valence-corrected chi connectivity index (χ3v) is 2.59. The first-order valence-corrected chi connectivity index (χ1v) is 4.88. The minimum atomic E-state index is -4.38. The molecule has 78 valence electrons. The van der Waals surface area contributed by atoms with Crippen LogP contribution in [0.2, 0.25) is 0 Å². The molecular weight excluding hydrogens is 225 g/mol. The molecule has 6 heteroatoms. The first-order chi connectivity index (χ1) is 7.07. The molecule has 0 aromatic carbocycles. The summed E-state index contributed by atoms with van der Waals surface area (Å²) in [5.74, 6) is 0.318. The molecule has 0 spiro atoms. The second-order valence-corrected chi connectivity index (χ2v) is 3.72.